The summed E-state index contributed by atoms with van der Waals surface area (Å²) < 4.78 is 0. The van der Waals surface area contributed by atoms with Gasteiger partial charge in [0, 0.05) is 12.1 Å². The lowest BCUT2D eigenvalue weighted by Crippen LogP contribution is -2.27. The molecule has 0 spiro atoms. The van der Waals surface area contributed by atoms with Crippen molar-refractivity contribution in [2.45, 2.75) is 25.4 Å². The highest BCUT2D eigenvalue weighted by molar-refractivity contribution is 5.94. The minimum atomic E-state index is -0.446. The van der Waals surface area contributed by atoms with Crippen LogP contribution in [0.4, 0.5) is 0 Å². The quantitative estimate of drug-likeness (QED) is 0.588. The van der Waals surface area contributed by atoms with Gasteiger partial charge in [0.25, 0.3) is 0 Å². The Kier molecular flexibility index (Phi) is 1.74. The molecule has 60 valence electrons. The first-order valence-corrected chi connectivity index (χ1v) is 4.13. The molecule has 0 radical (unpaired) electrons. The molecule has 0 aromatic carbocycles. The van der Waals surface area contributed by atoms with E-state index in [1.54, 1.807) is 6.21 Å². The van der Waals surface area contributed by atoms with Crippen LogP contribution in [0.5, 0.6) is 0 Å². The van der Waals surface area contributed by atoms with Crippen LogP contribution in [0.2, 0.25) is 0 Å². The molecule has 1 aliphatic carbocycles. The van der Waals surface area contributed by atoms with Crippen molar-refractivity contribution < 1.29 is 5.11 Å². The number of nitrogens with zero attached hydrogens (tertiary/aromatic N) is 2. The molecule has 0 amide bonds. The summed E-state index contributed by atoms with van der Waals surface area (Å²) in [6.45, 7) is 0.509. The smallest absolute Gasteiger partial charge is 0.126 e. The highest BCUT2D eigenvalue weighted by Crippen LogP contribution is 2.28. The molecule has 1 unspecified atom stereocenters. The van der Waals surface area contributed by atoms with Crippen LogP contribution in [0.1, 0.15) is 19.3 Å². The first-order valence-electron chi connectivity index (χ1n) is 4.13. The summed E-state index contributed by atoms with van der Waals surface area (Å²) in [5, 5.41) is 9.04. The van der Waals surface area contributed by atoms with E-state index in [1.165, 1.54) is 19.3 Å². The average Bonchev–Trinajstić information content (AvgIpc) is 1.90. The van der Waals surface area contributed by atoms with Crippen molar-refractivity contribution >= 4 is 12.1 Å². The third kappa shape index (κ3) is 1.33. The zero-order valence-corrected chi connectivity index (χ0v) is 6.40. The second-order valence-electron chi connectivity index (χ2n) is 3.17. The first-order chi connectivity index (χ1) is 5.36. The van der Waals surface area contributed by atoms with E-state index < -0.39 is 6.10 Å². The Labute approximate surface area is 65.9 Å². The second kappa shape index (κ2) is 2.74. The van der Waals surface area contributed by atoms with Crippen LogP contribution in [0.25, 0.3) is 0 Å². The zero-order valence-electron chi connectivity index (χ0n) is 6.40. The van der Waals surface area contributed by atoms with Gasteiger partial charge in [0.2, 0.25) is 0 Å². The third-order valence-electron chi connectivity index (χ3n) is 2.29. The lowest BCUT2D eigenvalue weighted by Gasteiger charge is -2.26. The van der Waals surface area contributed by atoms with Crippen LogP contribution >= 0.6 is 0 Å². The highest BCUT2D eigenvalue weighted by atomic mass is 16.3. The van der Waals surface area contributed by atoms with Gasteiger partial charge < -0.3 is 5.11 Å². The predicted octanol–water partition coefficient (Wildman–Crippen LogP) is 0.630. The van der Waals surface area contributed by atoms with E-state index in [2.05, 4.69) is 9.98 Å². The Hall–Kier alpha value is -0.700. The van der Waals surface area contributed by atoms with Gasteiger partial charge in [-0.25, -0.2) is 4.99 Å². The molecule has 0 saturated heterocycles. The number of hydrogen-bond donors (Lipinski definition) is 1. The highest BCUT2D eigenvalue weighted by Gasteiger charge is 2.24. The van der Waals surface area contributed by atoms with Crippen molar-refractivity contribution in [1.29, 1.82) is 0 Å². The number of aliphatic hydroxyl groups is 1. The molecule has 3 heteroatoms. The van der Waals surface area contributed by atoms with Crippen molar-refractivity contribution in [3.05, 3.63) is 0 Å². The van der Waals surface area contributed by atoms with E-state index in [4.69, 9.17) is 5.11 Å². The molecule has 2 rings (SSSR count). The SMILES string of the molecule is OC1C=NC(C2CCC2)=NC1. The van der Waals surface area contributed by atoms with Crippen molar-refractivity contribution in [3.63, 3.8) is 0 Å². The molecule has 1 N–H and O–H groups in total. The maximum atomic E-state index is 9.04. The molecule has 0 aromatic heterocycles. The Bertz CT molecular complexity index is 206. The molecule has 1 heterocycles. The largest absolute Gasteiger partial charge is 0.385 e. The number of amidine groups is 1. The predicted molar refractivity (Wildman–Crippen MR) is 44.1 cm³/mol. The van der Waals surface area contributed by atoms with E-state index in [0.717, 1.165) is 5.84 Å². The summed E-state index contributed by atoms with van der Waals surface area (Å²) in [5.41, 5.74) is 0. The fraction of sp³-hybridized carbons (Fsp3) is 0.750. The summed E-state index contributed by atoms with van der Waals surface area (Å²) in [4.78, 5) is 8.31. The molecular formula is C8H12N2O. The van der Waals surface area contributed by atoms with Gasteiger partial charge in [-0.3, -0.25) is 4.99 Å². The number of rotatable bonds is 1. The average molecular weight is 152 g/mol. The van der Waals surface area contributed by atoms with Gasteiger partial charge in [0.15, 0.2) is 0 Å². The van der Waals surface area contributed by atoms with Crippen LogP contribution in [0.3, 0.4) is 0 Å². The molecule has 1 saturated carbocycles. The van der Waals surface area contributed by atoms with E-state index in [-0.39, 0.29) is 0 Å². The minimum absolute atomic E-state index is 0.446. The van der Waals surface area contributed by atoms with Gasteiger partial charge in [-0.1, -0.05) is 6.42 Å². The summed E-state index contributed by atoms with van der Waals surface area (Å²) in [7, 11) is 0. The van der Waals surface area contributed by atoms with Gasteiger partial charge >= 0.3 is 0 Å². The summed E-state index contributed by atoms with van der Waals surface area (Å²) >= 11 is 0. The van der Waals surface area contributed by atoms with Crippen molar-refractivity contribution in [2.75, 3.05) is 6.54 Å². The van der Waals surface area contributed by atoms with Crippen LogP contribution in [-0.4, -0.2) is 29.8 Å². The van der Waals surface area contributed by atoms with Gasteiger partial charge in [-0.2, -0.15) is 0 Å². The molecule has 0 aromatic rings. The number of hydrogen-bond acceptors (Lipinski definition) is 3. The number of aliphatic imine (C=N–C) groups is 2. The lowest BCUT2D eigenvalue weighted by atomic mass is 9.84. The Morgan fingerprint density at radius 1 is 1.45 bits per heavy atom. The molecule has 1 aliphatic heterocycles. The molecule has 11 heavy (non-hydrogen) atoms. The molecule has 0 bridgehead atoms. The summed E-state index contributed by atoms with van der Waals surface area (Å²) in [6, 6.07) is 0. The van der Waals surface area contributed by atoms with E-state index in [9.17, 15) is 0 Å². The first kappa shape index (κ1) is 6.98. The van der Waals surface area contributed by atoms with Crippen molar-refractivity contribution in [2.24, 2.45) is 15.9 Å². The van der Waals surface area contributed by atoms with Crippen molar-refractivity contribution in [3.8, 4) is 0 Å². The van der Waals surface area contributed by atoms with Crippen LogP contribution < -0.4 is 0 Å². The van der Waals surface area contributed by atoms with Crippen molar-refractivity contribution in [1.82, 2.24) is 0 Å². The zero-order chi connectivity index (χ0) is 7.68. The standard InChI is InChI=1S/C8H12N2O/c11-7-4-9-8(10-5-7)6-2-1-3-6/h4,6-7,11H,1-3,5H2. The summed E-state index contributed by atoms with van der Waals surface area (Å²) in [6.07, 6.45) is 4.92. The van der Waals surface area contributed by atoms with Gasteiger partial charge in [-0.15, -0.1) is 0 Å². The van der Waals surface area contributed by atoms with E-state index in [1.807, 2.05) is 0 Å². The Morgan fingerprint density at radius 2 is 2.27 bits per heavy atom. The second-order valence-corrected chi connectivity index (χ2v) is 3.17. The molecule has 1 atom stereocenters. The topological polar surface area (TPSA) is 45.0 Å². The Balaban J connectivity index is 1.99. The Morgan fingerprint density at radius 3 is 2.73 bits per heavy atom. The van der Waals surface area contributed by atoms with Gasteiger partial charge in [0.1, 0.15) is 11.9 Å². The monoisotopic (exact) mass is 152 g/mol. The summed E-state index contributed by atoms with van der Waals surface area (Å²) in [5.74, 6) is 1.56. The van der Waals surface area contributed by atoms with Gasteiger partial charge in [-0.05, 0) is 12.8 Å². The molecule has 1 fully saturated rings. The van der Waals surface area contributed by atoms with Gasteiger partial charge in [0.05, 0.1) is 6.54 Å². The number of aliphatic hydroxyl groups excluding tert-OH is 1. The van der Waals surface area contributed by atoms with E-state index >= 15 is 0 Å². The molecule has 3 nitrogen and oxygen atoms in total. The van der Waals surface area contributed by atoms with Crippen LogP contribution in [0.15, 0.2) is 9.98 Å². The minimum Gasteiger partial charge on any atom is -0.385 e. The fourth-order valence-electron chi connectivity index (χ4n) is 1.34. The molecular weight excluding hydrogens is 140 g/mol. The fourth-order valence-corrected chi connectivity index (χ4v) is 1.34. The molecule has 2 aliphatic rings. The van der Waals surface area contributed by atoms with Crippen LogP contribution in [-0.2, 0) is 0 Å². The maximum Gasteiger partial charge on any atom is 0.126 e. The lowest BCUT2D eigenvalue weighted by molar-refractivity contribution is 0.252. The third-order valence-corrected chi connectivity index (χ3v) is 2.29. The van der Waals surface area contributed by atoms with E-state index in [0.29, 0.717) is 12.5 Å². The maximum absolute atomic E-state index is 9.04. The van der Waals surface area contributed by atoms with Crippen LogP contribution in [0, 0.1) is 5.92 Å². The normalized spacial score (nSPS) is 31.4.